The second kappa shape index (κ2) is 2.21. The van der Waals surface area contributed by atoms with Crippen LogP contribution in [0.25, 0.3) is 0 Å². The molecule has 0 aromatic carbocycles. The smallest absolute Gasteiger partial charge is 0.0650 e. The predicted octanol–water partition coefficient (Wildman–Crippen LogP) is 0.871. The van der Waals surface area contributed by atoms with E-state index in [0.29, 0.717) is 5.54 Å². The number of nitrogens with zero attached hydrogens (tertiary/aromatic N) is 1. The molecule has 0 aromatic heterocycles. The van der Waals surface area contributed by atoms with Gasteiger partial charge in [-0.15, -0.1) is 0 Å². The van der Waals surface area contributed by atoms with E-state index in [-0.39, 0.29) is 0 Å². The van der Waals surface area contributed by atoms with Gasteiger partial charge in [-0.25, -0.2) is 0 Å². The van der Waals surface area contributed by atoms with Gasteiger partial charge in [0, 0.05) is 18.7 Å². The molecular weight excluding hydrogens is 126 g/mol. The van der Waals surface area contributed by atoms with Gasteiger partial charge in [-0.3, -0.25) is 4.90 Å². The summed E-state index contributed by atoms with van der Waals surface area (Å²) in [5.74, 6) is 0. The molecule has 2 saturated heterocycles. The van der Waals surface area contributed by atoms with Crippen LogP contribution in [-0.4, -0.2) is 37.2 Å². The molecule has 2 fully saturated rings. The molecule has 58 valence electrons. The highest BCUT2D eigenvalue weighted by Crippen LogP contribution is 2.35. The van der Waals surface area contributed by atoms with Crippen molar-refractivity contribution < 1.29 is 4.74 Å². The quantitative estimate of drug-likeness (QED) is 0.496. The molecule has 2 rings (SSSR count). The average Bonchev–Trinajstić information content (AvgIpc) is 2.04. The Morgan fingerprint density at radius 3 is 2.60 bits per heavy atom. The normalized spacial score (nSPS) is 41.7. The standard InChI is InChI=1S/C8H15NO/c1-9-5-4-8(9)3-2-6-10-7-8/h2-7H2,1H3. The minimum atomic E-state index is 0.470. The van der Waals surface area contributed by atoms with E-state index in [1.807, 2.05) is 0 Å². The van der Waals surface area contributed by atoms with Crippen LogP contribution in [0.5, 0.6) is 0 Å². The van der Waals surface area contributed by atoms with Crippen molar-refractivity contribution in [2.45, 2.75) is 24.8 Å². The number of likely N-dealkylation sites (N-methyl/N-ethyl adjacent to an activating group) is 1. The third-order valence-corrected chi connectivity index (χ3v) is 3.02. The molecule has 1 atom stereocenters. The predicted molar refractivity (Wildman–Crippen MR) is 40.0 cm³/mol. The van der Waals surface area contributed by atoms with Crippen LogP contribution in [0.1, 0.15) is 19.3 Å². The number of likely N-dealkylation sites (tertiary alicyclic amines) is 1. The Bertz CT molecular complexity index is 129. The Kier molecular flexibility index (Phi) is 1.46. The minimum Gasteiger partial charge on any atom is -0.380 e. The van der Waals surface area contributed by atoms with Gasteiger partial charge in [-0.05, 0) is 26.3 Å². The molecule has 0 saturated carbocycles. The Balaban J connectivity index is 1.99. The average molecular weight is 141 g/mol. The lowest BCUT2D eigenvalue weighted by molar-refractivity contribution is -0.0951. The first-order valence-electron chi connectivity index (χ1n) is 4.13. The Morgan fingerprint density at radius 2 is 2.30 bits per heavy atom. The molecule has 0 aliphatic carbocycles. The van der Waals surface area contributed by atoms with Crippen LogP contribution < -0.4 is 0 Å². The summed E-state index contributed by atoms with van der Waals surface area (Å²) in [6.07, 6.45) is 3.96. The SMILES string of the molecule is CN1CCC12CCCOC2. The summed E-state index contributed by atoms with van der Waals surface area (Å²) in [6.45, 7) is 3.22. The number of hydrogen-bond acceptors (Lipinski definition) is 2. The zero-order chi connectivity index (χ0) is 7.03. The first-order valence-corrected chi connectivity index (χ1v) is 4.13. The van der Waals surface area contributed by atoms with Crippen molar-refractivity contribution in [1.82, 2.24) is 4.90 Å². The molecule has 0 radical (unpaired) electrons. The van der Waals surface area contributed by atoms with E-state index >= 15 is 0 Å². The van der Waals surface area contributed by atoms with E-state index in [1.165, 1.54) is 25.8 Å². The summed E-state index contributed by atoms with van der Waals surface area (Å²) in [5.41, 5.74) is 0.470. The van der Waals surface area contributed by atoms with Crippen molar-refractivity contribution in [2.75, 3.05) is 26.8 Å². The fraction of sp³-hybridized carbons (Fsp3) is 1.00. The topological polar surface area (TPSA) is 12.5 Å². The van der Waals surface area contributed by atoms with Crippen LogP contribution in [0.3, 0.4) is 0 Å². The van der Waals surface area contributed by atoms with Gasteiger partial charge in [0.05, 0.1) is 6.61 Å². The fourth-order valence-electron chi connectivity index (χ4n) is 1.99. The number of hydrogen-bond donors (Lipinski definition) is 0. The van der Waals surface area contributed by atoms with E-state index in [9.17, 15) is 0 Å². The zero-order valence-electron chi connectivity index (χ0n) is 6.60. The zero-order valence-corrected chi connectivity index (χ0v) is 6.60. The summed E-state index contributed by atoms with van der Waals surface area (Å²) in [6, 6.07) is 0. The molecule has 2 nitrogen and oxygen atoms in total. The molecule has 2 aliphatic heterocycles. The third-order valence-electron chi connectivity index (χ3n) is 3.02. The number of rotatable bonds is 0. The fourth-order valence-corrected chi connectivity index (χ4v) is 1.99. The molecule has 1 unspecified atom stereocenters. The van der Waals surface area contributed by atoms with Crippen molar-refractivity contribution in [3.05, 3.63) is 0 Å². The summed E-state index contributed by atoms with van der Waals surface area (Å²) >= 11 is 0. The van der Waals surface area contributed by atoms with Gasteiger partial charge >= 0.3 is 0 Å². The molecule has 2 heterocycles. The number of ether oxygens (including phenoxy) is 1. The molecular formula is C8H15NO. The van der Waals surface area contributed by atoms with Crippen molar-refractivity contribution in [3.63, 3.8) is 0 Å². The Hall–Kier alpha value is -0.0800. The molecule has 2 heteroatoms. The highest BCUT2D eigenvalue weighted by molar-refractivity contribution is 4.99. The first kappa shape index (κ1) is 6.62. The van der Waals surface area contributed by atoms with Gasteiger partial charge in [0.25, 0.3) is 0 Å². The van der Waals surface area contributed by atoms with Crippen LogP contribution in [0.4, 0.5) is 0 Å². The van der Waals surface area contributed by atoms with Crippen LogP contribution in [0, 0.1) is 0 Å². The van der Waals surface area contributed by atoms with Crippen molar-refractivity contribution in [1.29, 1.82) is 0 Å². The van der Waals surface area contributed by atoms with E-state index in [4.69, 9.17) is 4.74 Å². The van der Waals surface area contributed by atoms with Gasteiger partial charge in [-0.2, -0.15) is 0 Å². The lowest BCUT2D eigenvalue weighted by atomic mass is 9.81. The Labute approximate surface area is 62.2 Å². The van der Waals surface area contributed by atoms with E-state index in [0.717, 1.165) is 13.2 Å². The molecule has 1 spiro atoms. The molecule has 0 aromatic rings. The molecule has 0 amide bonds. The van der Waals surface area contributed by atoms with Crippen molar-refractivity contribution in [3.8, 4) is 0 Å². The summed E-state index contributed by atoms with van der Waals surface area (Å²) in [7, 11) is 2.21. The Morgan fingerprint density at radius 1 is 1.40 bits per heavy atom. The van der Waals surface area contributed by atoms with Gasteiger partial charge in [0.1, 0.15) is 0 Å². The lowest BCUT2D eigenvalue weighted by Crippen LogP contribution is -2.61. The minimum absolute atomic E-state index is 0.470. The van der Waals surface area contributed by atoms with Gasteiger partial charge in [0.15, 0.2) is 0 Å². The van der Waals surface area contributed by atoms with E-state index < -0.39 is 0 Å². The highest BCUT2D eigenvalue weighted by atomic mass is 16.5. The van der Waals surface area contributed by atoms with Crippen LogP contribution in [-0.2, 0) is 4.74 Å². The maximum absolute atomic E-state index is 5.46. The highest BCUT2D eigenvalue weighted by Gasteiger charge is 2.43. The van der Waals surface area contributed by atoms with Crippen molar-refractivity contribution >= 4 is 0 Å². The summed E-state index contributed by atoms with van der Waals surface area (Å²) in [4.78, 5) is 2.44. The maximum Gasteiger partial charge on any atom is 0.0650 e. The third kappa shape index (κ3) is 0.789. The van der Waals surface area contributed by atoms with Crippen molar-refractivity contribution in [2.24, 2.45) is 0 Å². The monoisotopic (exact) mass is 141 g/mol. The maximum atomic E-state index is 5.46. The van der Waals surface area contributed by atoms with Gasteiger partial charge in [-0.1, -0.05) is 0 Å². The lowest BCUT2D eigenvalue weighted by Gasteiger charge is -2.52. The van der Waals surface area contributed by atoms with E-state index in [2.05, 4.69) is 11.9 Å². The van der Waals surface area contributed by atoms with Gasteiger partial charge < -0.3 is 4.74 Å². The van der Waals surface area contributed by atoms with Crippen LogP contribution in [0.15, 0.2) is 0 Å². The second-order valence-electron chi connectivity index (χ2n) is 3.55. The molecule has 2 aliphatic rings. The first-order chi connectivity index (χ1) is 4.83. The van der Waals surface area contributed by atoms with Gasteiger partial charge in [0.2, 0.25) is 0 Å². The molecule has 0 bridgehead atoms. The molecule has 0 N–H and O–H groups in total. The van der Waals surface area contributed by atoms with E-state index in [1.54, 1.807) is 0 Å². The van der Waals surface area contributed by atoms with Crippen LogP contribution in [0.2, 0.25) is 0 Å². The summed E-state index contributed by atoms with van der Waals surface area (Å²) < 4.78 is 5.46. The second-order valence-corrected chi connectivity index (χ2v) is 3.55. The van der Waals surface area contributed by atoms with Crippen LogP contribution >= 0.6 is 0 Å². The molecule has 10 heavy (non-hydrogen) atoms. The summed E-state index contributed by atoms with van der Waals surface area (Å²) in [5, 5.41) is 0. The largest absolute Gasteiger partial charge is 0.380 e.